The SMILES string of the molecule is CCOc1ccccc1OC1CCCN(c2ncc(C(=O)N3Cc4cnn(C)c4C3)cn2)C1. The van der Waals surface area contributed by atoms with Crippen molar-refractivity contribution in [3.63, 3.8) is 0 Å². The second-order valence-corrected chi connectivity index (χ2v) is 8.38. The second-order valence-electron chi connectivity index (χ2n) is 8.38. The largest absolute Gasteiger partial charge is 0.490 e. The molecule has 9 nitrogen and oxygen atoms in total. The lowest BCUT2D eigenvalue weighted by Crippen LogP contribution is -2.42. The predicted octanol–water partition coefficient (Wildman–Crippen LogP) is 2.81. The topological polar surface area (TPSA) is 85.6 Å². The number of para-hydroxylation sites is 2. The number of nitrogens with zero attached hydrogens (tertiary/aromatic N) is 6. The molecule has 4 heterocycles. The van der Waals surface area contributed by atoms with Gasteiger partial charge in [-0.2, -0.15) is 5.10 Å². The number of anilines is 1. The molecule has 0 saturated carbocycles. The monoisotopic (exact) mass is 448 g/mol. The molecule has 9 heteroatoms. The normalized spacial score (nSPS) is 17.7. The minimum atomic E-state index is -0.0647. The summed E-state index contributed by atoms with van der Waals surface area (Å²) in [6.45, 7) is 5.22. The van der Waals surface area contributed by atoms with Gasteiger partial charge < -0.3 is 19.3 Å². The zero-order chi connectivity index (χ0) is 22.8. The van der Waals surface area contributed by atoms with Crippen LogP contribution in [-0.4, -0.2) is 56.4 Å². The third-order valence-electron chi connectivity index (χ3n) is 6.13. The van der Waals surface area contributed by atoms with Gasteiger partial charge in [0.15, 0.2) is 11.5 Å². The smallest absolute Gasteiger partial charge is 0.257 e. The Bertz CT molecular complexity index is 1130. The highest BCUT2D eigenvalue weighted by Crippen LogP contribution is 2.30. The lowest BCUT2D eigenvalue weighted by atomic mass is 10.1. The quantitative estimate of drug-likeness (QED) is 0.573. The van der Waals surface area contributed by atoms with Crippen LogP contribution in [0.2, 0.25) is 0 Å². The molecule has 1 atom stereocenters. The number of carbonyl (C=O) groups is 1. The molecular formula is C24H28N6O3. The summed E-state index contributed by atoms with van der Waals surface area (Å²) in [4.78, 5) is 25.8. The predicted molar refractivity (Wildman–Crippen MR) is 122 cm³/mol. The Labute approximate surface area is 193 Å². The van der Waals surface area contributed by atoms with Crippen molar-refractivity contribution in [1.29, 1.82) is 0 Å². The summed E-state index contributed by atoms with van der Waals surface area (Å²) in [5.41, 5.74) is 2.66. The van der Waals surface area contributed by atoms with Gasteiger partial charge in [-0.15, -0.1) is 0 Å². The zero-order valence-electron chi connectivity index (χ0n) is 19.0. The molecule has 1 unspecified atom stereocenters. The minimum Gasteiger partial charge on any atom is -0.490 e. The van der Waals surface area contributed by atoms with Crippen molar-refractivity contribution in [3.05, 3.63) is 59.7 Å². The van der Waals surface area contributed by atoms with Gasteiger partial charge in [0.1, 0.15) is 6.10 Å². The number of fused-ring (bicyclic) bond motifs is 1. The van der Waals surface area contributed by atoms with E-state index in [9.17, 15) is 4.79 Å². The van der Waals surface area contributed by atoms with Crippen molar-refractivity contribution >= 4 is 11.9 Å². The molecule has 2 aliphatic rings. The first-order chi connectivity index (χ1) is 16.1. The summed E-state index contributed by atoms with van der Waals surface area (Å²) in [7, 11) is 1.90. The van der Waals surface area contributed by atoms with E-state index in [2.05, 4.69) is 20.0 Å². The van der Waals surface area contributed by atoms with Crippen molar-refractivity contribution in [2.24, 2.45) is 7.05 Å². The molecule has 172 valence electrons. The van der Waals surface area contributed by atoms with Gasteiger partial charge in [0.05, 0.1) is 37.2 Å². The Morgan fingerprint density at radius 3 is 2.67 bits per heavy atom. The van der Waals surface area contributed by atoms with Gasteiger partial charge in [0, 0.05) is 38.1 Å². The number of carbonyl (C=O) groups excluding carboxylic acids is 1. The maximum absolute atomic E-state index is 12.9. The van der Waals surface area contributed by atoms with Gasteiger partial charge in [0.2, 0.25) is 5.95 Å². The molecule has 0 N–H and O–H groups in total. The standard InChI is InChI=1S/C24H28N6O3/c1-3-32-21-8-4-5-9-22(21)33-19-7-6-10-29(15-19)24-25-11-17(12-26-24)23(31)30-14-18-13-27-28(2)20(18)16-30/h4-5,8-9,11-13,19H,3,6-7,10,14-16H2,1-2H3. The molecule has 0 spiro atoms. The van der Waals surface area contributed by atoms with Crippen molar-refractivity contribution in [1.82, 2.24) is 24.6 Å². The number of aryl methyl sites for hydroxylation is 1. The molecule has 1 amide bonds. The number of ether oxygens (including phenoxy) is 2. The molecule has 5 rings (SSSR count). The van der Waals surface area contributed by atoms with Crippen molar-refractivity contribution < 1.29 is 14.3 Å². The molecule has 2 aliphatic heterocycles. The molecule has 0 aliphatic carbocycles. The van der Waals surface area contributed by atoms with E-state index < -0.39 is 0 Å². The fourth-order valence-corrected chi connectivity index (χ4v) is 4.43. The summed E-state index contributed by atoms with van der Waals surface area (Å²) in [5.74, 6) is 2.07. The van der Waals surface area contributed by atoms with Gasteiger partial charge >= 0.3 is 0 Å². The minimum absolute atomic E-state index is 0.0157. The van der Waals surface area contributed by atoms with Gasteiger partial charge in [-0.05, 0) is 31.9 Å². The summed E-state index contributed by atoms with van der Waals surface area (Å²) in [6, 6.07) is 7.76. The molecule has 2 aromatic heterocycles. The molecule has 0 radical (unpaired) electrons. The fourth-order valence-electron chi connectivity index (χ4n) is 4.43. The van der Waals surface area contributed by atoms with Crippen LogP contribution in [0.1, 0.15) is 41.4 Å². The van der Waals surface area contributed by atoms with Gasteiger partial charge in [-0.25, -0.2) is 9.97 Å². The Morgan fingerprint density at radius 1 is 1.12 bits per heavy atom. The molecule has 1 aromatic carbocycles. The van der Waals surface area contributed by atoms with E-state index in [1.807, 2.05) is 49.1 Å². The van der Waals surface area contributed by atoms with Crippen molar-refractivity contribution in [2.45, 2.75) is 39.0 Å². The van der Waals surface area contributed by atoms with Gasteiger partial charge in [-0.1, -0.05) is 12.1 Å². The first-order valence-electron chi connectivity index (χ1n) is 11.4. The van der Waals surface area contributed by atoms with Crippen LogP contribution in [0.15, 0.2) is 42.9 Å². The maximum Gasteiger partial charge on any atom is 0.257 e. The first kappa shape index (κ1) is 21.2. The summed E-state index contributed by atoms with van der Waals surface area (Å²) >= 11 is 0. The number of amides is 1. The molecular weight excluding hydrogens is 420 g/mol. The molecule has 33 heavy (non-hydrogen) atoms. The zero-order valence-corrected chi connectivity index (χ0v) is 19.0. The number of aromatic nitrogens is 4. The van der Waals surface area contributed by atoms with Crippen LogP contribution in [0.4, 0.5) is 5.95 Å². The van der Waals surface area contributed by atoms with E-state index in [1.54, 1.807) is 17.3 Å². The van der Waals surface area contributed by atoms with Gasteiger partial charge in [0.25, 0.3) is 5.91 Å². The molecule has 3 aromatic rings. The Hall–Kier alpha value is -3.62. The molecule has 0 bridgehead atoms. The number of hydrogen-bond donors (Lipinski definition) is 0. The van der Waals surface area contributed by atoms with Crippen LogP contribution < -0.4 is 14.4 Å². The number of rotatable bonds is 6. The van der Waals surface area contributed by atoms with Crippen molar-refractivity contribution in [2.75, 3.05) is 24.6 Å². The molecule has 1 saturated heterocycles. The number of hydrogen-bond acceptors (Lipinski definition) is 7. The van der Waals surface area contributed by atoms with Crippen LogP contribution in [0.3, 0.4) is 0 Å². The summed E-state index contributed by atoms with van der Waals surface area (Å²) in [5, 5.41) is 4.25. The van der Waals surface area contributed by atoms with E-state index in [1.165, 1.54) is 0 Å². The number of benzene rings is 1. The van der Waals surface area contributed by atoms with E-state index >= 15 is 0 Å². The summed E-state index contributed by atoms with van der Waals surface area (Å²) in [6.07, 6.45) is 7.02. The van der Waals surface area contributed by atoms with E-state index in [-0.39, 0.29) is 12.0 Å². The number of piperidine rings is 1. The highest BCUT2D eigenvalue weighted by Gasteiger charge is 2.28. The van der Waals surface area contributed by atoms with Gasteiger partial charge in [-0.3, -0.25) is 9.48 Å². The highest BCUT2D eigenvalue weighted by atomic mass is 16.5. The Balaban J connectivity index is 1.22. The lowest BCUT2D eigenvalue weighted by molar-refractivity contribution is 0.0747. The Morgan fingerprint density at radius 2 is 1.91 bits per heavy atom. The van der Waals surface area contributed by atoms with E-state index in [4.69, 9.17) is 9.47 Å². The average molecular weight is 449 g/mol. The highest BCUT2D eigenvalue weighted by molar-refractivity contribution is 5.94. The molecule has 1 fully saturated rings. The lowest BCUT2D eigenvalue weighted by Gasteiger charge is -2.33. The maximum atomic E-state index is 12.9. The van der Waals surface area contributed by atoms with Crippen LogP contribution in [-0.2, 0) is 20.1 Å². The van der Waals surface area contributed by atoms with E-state index in [0.717, 1.165) is 42.1 Å². The van der Waals surface area contributed by atoms with Crippen LogP contribution >= 0.6 is 0 Å². The van der Waals surface area contributed by atoms with Crippen LogP contribution in [0.5, 0.6) is 11.5 Å². The van der Waals surface area contributed by atoms with Crippen molar-refractivity contribution in [3.8, 4) is 11.5 Å². The summed E-state index contributed by atoms with van der Waals surface area (Å²) < 4.78 is 13.8. The third kappa shape index (κ3) is 4.35. The average Bonchev–Trinajstić information content (AvgIpc) is 3.42. The first-order valence-corrected chi connectivity index (χ1v) is 11.4. The second kappa shape index (κ2) is 9.09. The third-order valence-corrected chi connectivity index (χ3v) is 6.13. The fraction of sp³-hybridized carbons (Fsp3) is 0.417. The van der Waals surface area contributed by atoms with Crippen LogP contribution in [0, 0.1) is 0 Å². The van der Waals surface area contributed by atoms with Crippen LogP contribution in [0.25, 0.3) is 0 Å². The van der Waals surface area contributed by atoms with E-state index in [0.29, 0.717) is 37.8 Å². The Kier molecular flexibility index (Phi) is 5.85.